The van der Waals surface area contributed by atoms with Gasteiger partial charge < -0.3 is 19.9 Å². The van der Waals surface area contributed by atoms with Crippen molar-refractivity contribution in [2.24, 2.45) is 0 Å². The van der Waals surface area contributed by atoms with Gasteiger partial charge in [-0.25, -0.2) is 18.0 Å². The third kappa shape index (κ3) is 3.13. The van der Waals surface area contributed by atoms with Gasteiger partial charge in [0.2, 0.25) is 0 Å². The molecule has 2 aliphatic rings. The van der Waals surface area contributed by atoms with Gasteiger partial charge in [-0.15, -0.1) is 0 Å². The molecule has 1 amide bonds. The molecule has 1 aliphatic carbocycles. The van der Waals surface area contributed by atoms with Crippen LogP contribution in [0.15, 0.2) is 12.1 Å². The first-order chi connectivity index (χ1) is 10.9. The van der Waals surface area contributed by atoms with E-state index in [-0.39, 0.29) is 12.0 Å². The maximum atomic E-state index is 14.1. The maximum Gasteiger partial charge on any atom is 0.404 e. The van der Waals surface area contributed by atoms with Gasteiger partial charge in [0.25, 0.3) is 0 Å². The highest BCUT2D eigenvalue weighted by molar-refractivity contribution is 5.65. The van der Waals surface area contributed by atoms with Gasteiger partial charge in [0.15, 0.2) is 17.4 Å². The SMILES string of the molecule is O=C(O)NC1CC2(CCC1c1cc(F)c(F)cc1F)OCCO2. The molecule has 1 spiro atoms. The molecule has 1 aromatic rings. The number of nitrogens with one attached hydrogen (secondary N) is 1. The van der Waals surface area contributed by atoms with Gasteiger partial charge in [-0.3, -0.25) is 0 Å². The van der Waals surface area contributed by atoms with E-state index in [1.807, 2.05) is 0 Å². The van der Waals surface area contributed by atoms with Crippen molar-refractivity contribution in [2.75, 3.05) is 13.2 Å². The van der Waals surface area contributed by atoms with E-state index < -0.39 is 41.3 Å². The first kappa shape index (κ1) is 16.1. The second kappa shape index (κ2) is 6.01. The molecule has 2 atom stereocenters. The average Bonchev–Trinajstić information content (AvgIpc) is 2.91. The molecule has 23 heavy (non-hydrogen) atoms. The molecule has 126 valence electrons. The van der Waals surface area contributed by atoms with E-state index in [4.69, 9.17) is 14.6 Å². The molecule has 1 aliphatic heterocycles. The van der Waals surface area contributed by atoms with Crippen molar-refractivity contribution in [3.05, 3.63) is 35.1 Å². The summed E-state index contributed by atoms with van der Waals surface area (Å²) in [5.74, 6) is -4.85. The lowest BCUT2D eigenvalue weighted by Crippen LogP contribution is -2.49. The number of hydrogen-bond acceptors (Lipinski definition) is 3. The minimum absolute atomic E-state index is 0.0458. The summed E-state index contributed by atoms with van der Waals surface area (Å²) in [4.78, 5) is 11.0. The Bertz CT molecular complexity index is 619. The number of hydrogen-bond donors (Lipinski definition) is 2. The first-order valence-corrected chi connectivity index (χ1v) is 7.32. The largest absolute Gasteiger partial charge is 0.465 e. The second-order valence-electron chi connectivity index (χ2n) is 5.80. The van der Waals surface area contributed by atoms with Crippen LogP contribution in [-0.2, 0) is 9.47 Å². The van der Waals surface area contributed by atoms with Crippen molar-refractivity contribution >= 4 is 6.09 Å². The third-order valence-corrected chi connectivity index (χ3v) is 4.41. The molecule has 2 N–H and O–H groups in total. The maximum absolute atomic E-state index is 14.1. The highest BCUT2D eigenvalue weighted by Crippen LogP contribution is 2.43. The zero-order valence-electron chi connectivity index (χ0n) is 12.2. The number of rotatable bonds is 2. The summed E-state index contributed by atoms with van der Waals surface area (Å²) in [6.07, 6.45) is -0.346. The predicted molar refractivity (Wildman–Crippen MR) is 72.5 cm³/mol. The van der Waals surface area contributed by atoms with Gasteiger partial charge >= 0.3 is 6.09 Å². The van der Waals surface area contributed by atoms with Gasteiger partial charge in [0.1, 0.15) is 5.82 Å². The van der Waals surface area contributed by atoms with Crippen LogP contribution in [0.25, 0.3) is 0 Å². The lowest BCUT2D eigenvalue weighted by atomic mass is 9.77. The minimum atomic E-state index is -1.28. The van der Waals surface area contributed by atoms with Gasteiger partial charge in [-0.2, -0.15) is 0 Å². The Labute approximate surface area is 130 Å². The smallest absolute Gasteiger partial charge is 0.404 e. The van der Waals surface area contributed by atoms with Crippen molar-refractivity contribution in [2.45, 2.75) is 37.0 Å². The van der Waals surface area contributed by atoms with Gasteiger partial charge in [0, 0.05) is 30.9 Å². The number of benzene rings is 1. The van der Waals surface area contributed by atoms with E-state index in [2.05, 4.69) is 5.32 Å². The van der Waals surface area contributed by atoms with E-state index >= 15 is 0 Å². The summed E-state index contributed by atoms with van der Waals surface area (Å²) >= 11 is 0. The molecule has 2 unspecified atom stereocenters. The minimum Gasteiger partial charge on any atom is -0.465 e. The van der Waals surface area contributed by atoms with Crippen LogP contribution >= 0.6 is 0 Å². The van der Waals surface area contributed by atoms with E-state index in [0.29, 0.717) is 32.1 Å². The van der Waals surface area contributed by atoms with Crippen LogP contribution in [0.5, 0.6) is 0 Å². The first-order valence-electron chi connectivity index (χ1n) is 7.32. The Hall–Kier alpha value is -1.80. The van der Waals surface area contributed by atoms with E-state index in [1.165, 1.54) is 0 Å². The fraction of sp³-hybridized carbons (Fsp3) is 0.533. The number of halogens is 3. The highest BCUT2D eigenvalue weighted by atomic mass is 19.2. The van der Waals surface area contributed by atoms with E-state index in [9.17, 15) is 18.0 Å². The molecule has 1 saturated heterocycles. The summed E-state index contributed by atoms with van der Waals surface area (Å²) in [6.45, 7) is 0.813. The zero-order valence-corrected chi connectivity index (χ0v) is 12.2. The topological polar surface area (TPSA) is 67.8 Å². The van der Waals surface area contributed by atoms with Crippen molar-refractivity contribution in [3.63, 3.8) is 0 Å². The van der Waals surface area contributed by atoms with Crippen molar-refractivity contribution in [1.29, 1.82) is 0 Å². The van der Waals surface area contributed by atoms with Gasteiger partial charge in [-0.05, 0) is 18.1 Å². The van der Waals surface area contributed by atoms with Crippen LogP contribution in [0, 0.1) is 17.5 Å². The number of carbonyl (C=O) groups is 1. The molecule has 1 heterocycles. The summed E-state index contributed by atoms with van der Waals surface area (Å²) in [7, 11) is 0. The molecule has 2 fully saturated rings. The molecule has 5 nitrogen and oxygen atoms in total. The van der Waals surface area contributed by atoms with Crippen molar-refractivity contribution < 1.29 is 32.5 Å². The lowest BCUT2D eigenvalue weighted by Gasteiger charge is -2.41. The highest BCUT2D eigenvalue weighted by Gasteiger charge is 2.46. The fourth-order valence-corrected chi connectivity index (χ4v) is 3.42. The molecular weight excluding hydrogens is 315 g/mol. The fourth-order valence-electron chi connectivity index (χ4n) is 3.42. The lowest BCUT2D eigenvalue weighted by molar-refractivity contribution is -0.183. The van der Waals surface area contributed by atoms with Crippen molar-refractivity contribution in [3.8, 4) is 0 Å². The van der Waals surface area contributed by atoms with Crippen LogP contribution in [0.3, 0.4) is 0 Å². The van der Waals surface area contributed by atoms with Crippen LogP contribution in [0.1, 0.15) is 30.7 Å². The van der Waals surface area contributed by atoms with Crippen LogP contribution in [0.2, 0.25) is 0 Å². The molecule has 8 heteroatoms. The van der Waals surface area contributed by atoms with Gasteiger partial charge in [-0.1, -0.05) is 0 Å². The van der Waals surface area contributed by atoms with Crippen LogP contribution in [0.4, 0.5) is 18.0 Å². The summed E-state index contributed by atoms with van der Waals surface area (Å²) in [5.41, 5.74) is -0.0458. The summed E-state index contributed by atoms with van der Waals surface area (Å²) < 4.78 is 51.8. The Kier molecular flexibility index (Phi) is 4.20. The number of amides is 1. The van der Waals surface area contributed by atoms with E-state index in [0.717, 1.165) is 6.07 Å². The number of carboxylic acid groups (broad SMARTS) is 1. The van der Waals surface area contributed by atoms with Crippen molar-refractivity contribution in [1.82, 2.24) is 5.32 Å². The molecule has 1 saturated carbocycles. The van der Waals surface area contributed by atoms with E-state index in [1.54, 1.807) is 0 Å². The quantitative estimate of drug-likeness (QED) is 0.818. The molecule has 3 rings (SSSR count). The monoisotopic (exact) mass is 331 g/mol. The Morgan fingerprint density at radius 1 is 1.17 bits per heavy atom. The number of ether oxygens (including phenoxy) is 2. The summed E-state index contributed by atoms with van der Waals surface area (Å²) in [5, 5.41) is 11.3. The normalized spacial score (nSPS) is 26.4. The van der Waals surface area contributed by atoms with Crippen LogP contribution < -0.4 is 5.32 Å². The molecular formula is C15H16F3NO4. The molecule has 0 aromatic heterocycles. The third-order valence-electron chi connectivity index (χ3n) is 4.41. The zero-order chi connectivity index (χ0) is 16.6. The Morgan fingerprint density at radius 3 is 2.48 bits per heavy atom. The molecule has 1 aromatic carbocycles. The predicted octanol–water partition coefficient (Wildman–Crippen LogP) is 2.75. The summed E-state index contributed by atoms with van der Waals surface area (Å²) in [6, 6.07) is 0.550. The Morgan fingerprint density at radius 2 is 1.83 bits per heavy atom. The van der Waals surface area contributed by atoms with Crippen LogP contribution in [-0.4, -0.2) is 36.2 Å². The van der Waals surface area contributed by atoms with Gasteiger partial charge in [0.05, 0.1) is 13.2 Å². The second-order valence-corrected chi connectivity index (χ2v) is 5.80. The Balaban J connectivity index is 1.90. The standard InChI is InChI=1S/C15H16F3NO4/c16-10-6-12(18)11(17)5-9(10)8-1-2-15(22-3-4-23-15)7-13(8)19-14(20)21/h5-6,8,13,19H,1-4,7H2,(H,20,21). The molecule has 0 bridgehead atoms. The average molecular weight is 331 g/mol. The molecule has 0 radical (unpaired) electrons.